The highest BCUT2D eigenvalue weighted by Gasteiger charge is 2.20. The quantitative estimate of drug-likeness (QED) is 0.348. The van der Waals surface area contributed by atoms with Crippen LogP contribution in [0.4, 0.5) is 0 Å². The van der Waals surface area contributed by atoms with Crippen molar-refractivity contribution in [3.63, 3.8) is 0 Å². The lowest BCUT2D eigenvalue weighted by molar-refractivity contribution is -0.301. The van der Waals surface area contributed by atoms with Crippen molar-refractivity contribution in [2.45, 2.75) is 40.2 Å². The molecule has 2 aromatic rings. The van der Waals surface area contributed by atoms with E-state index >= 15 is 0 Å². The van der Waals surface area contributed by atoms with Crippen LogP contribution in [0, 0.1) is 5.92 Å². The number of carbonyl (C=O) groups excluding carboxylic acids is 1. The van der Waals surface area contributed by atoms with Crippen LogP contribution in [0.15, 0.2) is 22.8 Å². The molecule has 0 aromatic carbocycles. The first-order chi connectivity index (χ1) is 10.5. The number of fused-ring (bicyclic) bond motifs is 1. The summed E-state index contributed by atoms with van der Waals surface area (Å²) in [7, 11) is 0. The van der Waals surface area contributed by atoms with Crippen LogP contribution in [0.1, 0.15) is 26.5 Å². The topological polar surface area (TPSA) is 88.9 Å². The van der Waals surface area contributed by atoms with Crippen LogP contribution in [0.25, 0.3) is 11.1 Å². The molecule has 2 aromatic heterocycles. The Hall–Kier alpha value is -1.83. The Labute approximate surface area is 128 Å². The lowest BCUT2D eigenvalue weighted by Gasteiger charge is -2.16. The summed E-state index contributed by atoms with van der Waals surface area (Å²) >= 11 is 0. The number of furan rings is 1. The maximum atomic E-state index is 11.9. The van der Waals surface area contributed by atoms with Gasteiger partial charge in [-0.25, -0.2) is 9.78 Å². The summed E-state index contributed by atoms with van der Waals surface area (Å²) in [5, 5.41) is 0. The zero-order valence-electron chi connectivity index (χ0n) is 13.1. The summed E-state index contributed by atoms with van der Waals surface area (Å²) in [6, 6.07) is 2.99. The Balaban J connectivity index is 2.09. The number of aromatic nitrogens is 1. The van der Waals surface area contributed by atoms with Gasteiger partial charge in [0.15, 0.2) is 12.3 Å². The average Bonchev–Trinajstić information content (AvgIpc) is 3.05. The van der Waals surface area contributed by atoms with Crippen LogP contribution < -0.4 is 5.73 Å². The molecule has 0 bridgehead atoms. The van der Waals surface area contributed by atoms with Gasteiger partial charge in [0.1, 0.15) is 12.6 Å². The summed E-state index contributed by atoms with van der Waals surface area (Å²) in [6.07, 6.45) is 1.58. The summed E-state index contributed by atoms with van der Waals surface area (Å²) in [5.41, 5.74) is 8.08. The number of nitrogens with two attached hydrogens (primary N) is 1. The molecule has 0 aliphatic rings. The van der Waals surface area contributed by atoms with Crippen LogP contribution in [0.2, 0.25) is 0 Å². The second-order valence-electron chi connectivity index (χ2n) is 5.26. The van der Waals surface area contributed by atoms with Crippen molar-refractivity contribution in [2.75, 3.05) is 6.61 Å². The van der Waals surface area contributed by atoms with Crippen molar-refractivity contribution in [1.29, 1.82) is 0 Å². The van der Waals surface area contributed by atoms with Crippen LogP contribution in [-0.4, -0.2) is 23.2 Å². The molecule has 2 rings (SSSR count). The molecule has 122 valence electrons. The Bertz CT molecular complexity index is 617. The van der Waals surface area contributed by atoms with Crippen molar-refractivity contribution < 1.29 is 23.7 Å². The molecule has 0 saturated heterocycles. The summed E-state index contributed by atoms with van der Waals surface area (Å²) in [4.78, 5) is 21.8. The first kappa shape index (κ1) is 16.5. The van der Waals surface area contributed by atoms with E-state index in [1.165, 1.54) is 0 Å². The Morgan fingerprint density at radius 3 is 2.86 bits per heavy atom. The zero-order chi connectivity index (χ0) is 16.1. The minimum Gasteiger partial charge on any atom is -0.463 e. The summed E-state index contributed by atoms with van der Waals surface area (Å²) in [6.45, 7) is 6.31. The maximum absolute atomic E-state index is 11.9. The fourth-order valence-electron chi connectivity index (χ4n) is 1.98. The highest BCUT2D eigenvalue weighted by Crippen LogP contribution is 2.22. The minimum atomic E-state index is -0.640. The van der Waals surface area contributed by atoms with Crippen LogP contribution >= 0.6 is 0 Å². The molecular weight excluding hydrogens is 288 g/mol. The largest absolute Gasteiger partial charge is 0.463 e. The SMILES string of the molecule is CCOOCc1cc2occc2n1COC(=O)[C@H](N)C(C)C. The second-order valence-corrected chi connectivity index (χ2v) is 5.26. The zero-order valence-corrected chi connectivity index (χ0v) is 13.1. The first-order valence-electron chi connectivity index (χ1n) is 7.26. The van der Waals surface area contributed by atoms with Crippen molar-refractivity contribution in [1.82, 2.24) is 4.57 Å². The minimum absolute atomic E-state index is 0.0202. The summed E-state index contributed by atoms with van der Waals surface area (Å²) < 4.78 is 12.4. The van der Waals surface area contributed by atoms with Gasteiger partial charge in [-0.1, -0.05) is 13.8 Å². The van der Waals surface area contributed by atoms with E-state index in [1.807, 2.05) is 26.8 Å². The molecule has 0 saturated carbocycles. The molecule has 2 N–H and O–H groups in total. The average molecular weight is 310 g/mol. The van der Waals surface area contributed by atoms with Gasteiger partial charge < -0.3 is 19.5 Å². The molecular formula is C15H22N2O5. The van der Waals surface area contributed by atoms with Crippen molar-refractivity contribution in [3.05, 3.63) is 24.1 Å². The Morgan fingerprint density at radius 1 is 1.41 bits per heavy atom. The monoisotopic (exact) mass is 310 g/mol. The molecule has 2 heterocycles. The van der Waals surface area contributed by atoms with E-state index in [4.69, 9.17) is 24.7 Å². The fraction of sp³-hybridized carbons (Fsp3) is 0.533. The molecule has 0 fully saturated rings. The Morgan fingerprint density at radius 2 is 2.18 bits per heavy atom. The number of rotatable bonds is 8. The molecule has 0 amide bonds. The van der Waals surface area contributed by atoms with E-state index in [0.717, 1.165) is 11.2 Å². The number of nitrogens with zero attached hydrogens (tertiary/aromatic N) is 1. The second kappa shape index (κ2) is 7.44. The third-order valence-corrected chi connectivity index (χ3v) is 3.34. The van der Waals surface area contributed by atoms with Crippen LogP contribution in [0.5, 0.6) is 0 Å². The Kier molecular flexibility index (Phi) is 5.59. The molecule has 7 heteroatoms. The van der Waals surface area contributed by atoms with Crippen molar-refractivity contribution in [2.24, 2.45) is 11.7 Å². The molecule has 22 heavy (non-hydrogen) atoms. The third kappa shape index (κ3) is 3.68. The van der Waals surface area contributed by atoms with E-state index in [0.29, 0.717) is 12.2 Å². The normalized spacial score (nSPS) is 13.0. The van der Waals surface area contributed by atoms with Gasteiger partial charge >= 0.3 is 5.97 Å². The van der Waals surface area contributed by atoms with Gasteiger partial charge in [0.2, 0.25) is 0 Å². The lowest BCUT2D eigenvalue weighted by atomic mass is 10.1. The maximum Gasteiger partial charge on any atom is 0.324 e. The van der Waals surface area contributed by atoms with Crippen LogP contribution in [-0.2, 0) is 32.6 Å². The number of ether oxygens (including phenoxy) is 1. The smallest absolute Gasteiger partial charge is 0.324 e. The number of carbonyl (C=O) groups is 1. The number of hydrogen-bond donors (Lipinski definition) is 1. The van der Waals surface area contributed by atoms with Gasteiger partial charge in [0.05, 0.1) is 24.1 Å². The molecule has 7 nitrogen and oxygen atoms in total. The van der Waals surface area contributed by atoms with Crippen molar-refractivity contribution >= 4 is 17.1 Å². The highest BCUT2D eigenvalue weighted by atomic mass is 17.2. The predicted molar refractivity (Wildman–Crippen MR) is 79.5 cm³/mol. The van der Waals surface area contributed by atoms with Gasteiger partial charge in [-0.05, 0) is 12.8 Å². The molecule has 0 spiro atoms. The lowest BCUT2D eigenvalue weighted by Crippen LogP contribution is -2.37. The molecule has 1 atom stereocenters. The van der Waals surface area contributed by atoms with Gasteiger partial charge in [0, 0.05) is 12.1 Å². The van der Waals surface area contributed by atoms with Gasteiger partial charge in [-0.15, -0.1) is 0 Å². The van der Waals surface area contributed by atoms with E-state index in [-0.39, 0.29) is 19.3 Å². The molecule has 0 aliphatic carbocycles. The van der Waals surface area contributed by atoms with E-state index < -0.39 is 12.0 Å². The molecule has 0 aliphatic heterocycles. The van der Waals surface area contributed by atoms with Gasteiger partial charge in [-0.3, -0.25) is 4.79 Å². The number of esters is 1. The van der Waals surface area contributed by atoms with Crippen LogP contribution in [0.3, 0.4) is 0 Å². The van der Waals surface area contributed by atoms with Gasteiger partial charge in [-0.2, -0.15) is 0 Å². The number of hydrogen-bond acceptors (Lipinski definition) is 6. The van der Waals surface area contributed by atoms with E-state index in [2.05, 4.69) is 0 Å². The predicted octanol–water partition coefficient (Wildman–Crippen LogP) is 2.19. The van der Waals surface area contributed by atoms with Gasteiger partial charge in [0.25, 0.3) is 0 Å². The van der Waals surface area contributed by atoms with E-state index in [1.54, 1.807) is 16.9 Å². The van der Waals surface area contributed by atoms with Crippen molar-refractivity contribution in [3.8, 4) is 0 Å². The third-order valence-electron chi connectivity index (χ3n) is 3.34. The molecule has 0 radical (unpaired) electrons. The fourth-order valence-corrected chi connectivity index (χ4v) is 1.98. The highest BCUT2D eigenvalue weighted by molar-refractivity contribution is 5.77. The van der Waals surface area contributed by atoms with E-state index in [9.17, 15) is 4.79 Å². The summed E-state index contributed by atoms with van der Waals surface area (Å²) in [5.74, 6) is -0.413. The molecule has 0 unspecified atom stereocenters. The first-order valence-corrected chi connectivity index (χ1v) is 7.26. The standard InChI is InChI=1S/C15H22N2O5/c1-4-21-22-8-11-7-13-12(5-6-19-13)17(11)9-20-15(18)14(16)10(2)3/h5-7,10,14H,4,8-9,16H2,1-3H3/t14-/m1/s1.